The maximum absolute atomic E-state index is 13.3. The summed E-state index contributed by atoms with van der Waals surface area (Å²) in [6, 6.07) is 20.7. The van der Waals surface area contributed by atoms with Gasteiger partial charge in [-0.3, -0.25) is 24.1 Å². The van der Waals surface area contributed by atoms with Crippen LogP contribution in [0.5, 0.6) is 0 Å². The van der Waals surface area contributed by atoms with Gasteiger partial charge in [0.15, 0.2) is 0 Å². The number of carbonyl (C=O) groups excluding carboxylic acids is 3. The fraction of sp³-hybridized carbons (Fsp3) is 0.390. The summed E-state index contributed by atoms with van der Waals surface area (Å²) in [5.74, 6) is -0.279. The van der Waals surface area contributed by atoms with Crippen LogP contribution in [0.3, 0.4) is 0 Å². The monoisotopic (exact) mass is 706 g/mol. The summed E-state index contributed by atoms with van der Waals surface area (Å²) >= 11 is 0. The fourth-order valence-electron chi connectivity index (χ4n) is 6.19. The Bertz CT molecular complexity index is 1940. The van der Waals surface area contributed by atoms with E-state index in [1.165, 1.54) is 11.5 Å². The van der Waals surface area contributed by atoms with Crippen LogP contribution in [0.4, 0.5) is 5.69 Å². The van der Waals surface area contributed by atoms with Crippen molar-refractivity contribution in [2.45, 2.75) is 46.5 Å². The lowest BCUT2D eigenvalue weighted by molar-refractivity contribution is -0.119. The van der Waals surface area contributed by atoms with E-state index in [0.717, 1.165) is 41.9 Å². The molecule has 0 radical (unpaired) electrons. The molecule has 274 valence electrons. The molecule has 3 aromatic carbocycles. The van der Waals surface area contributed by atoms with Crippen LogP contribution in [0.25, 0.3) is 11.3 Å². The summed E-state index contributed by atoms with van der Waals surface area (Å²) in [4.78, 5) is 59.5. The smallest absolute Gasteiger partial charge is 0.272 e. The molecule has 3 amide bonds. The third-order valence-corrected chi connectivity index (χ3v) is 9.41. The average Bonchev–Trinajstić information content (AvgIpc) is 3.12. The molecule has 11 heteroatoms. The summed E-state index contributed by atoms with van der Waals surface area (Å²) in [6.45, 7) is 15.0. The largest absolute Gasteiger partial charge is 0.378 e. The number of ether oxygens (including phenoxy) is 1. The Morgan fingerprint density at radius 2 is 1.56 bits per heavy atom. The van der Waals surface area contributed by atoms with Gasteiger partial charge in [-0.1, -0.05) is 57.2 Å². The van der Waals surface area contributed by atoms with E-state index in [0.29, 0.717) is 67.5 Å². The number of nitrogens with zero attached hydrogens (tertiary/aromatic N) is 4. The Morgan fingerprint density at radius 3 is 2.21 bits per heavy atom. The third kappa shape index (κ3) is 9.80. The normalized spacial score (nSPS) is 13.5. The van der Waals surface area contributed by atoms with Crippen LogP contribution in [0.1, 0.15) is 70.8 Å². The van der Waals surface area contributed by atoms with Gasteiger partial charge in [-0.2, -0.15) is 0 Å². The Hall–Kier alpha value is -5.13. The summed E-state index contributed by atoms with van der Waals surface area (Å²) in [7, 11) is 1.71. The fourth-order valence-corrected chi connectivity index (χ4v) is 6.19. The molecule has 0 bridgehead atoms. The number of anilines is 1. The molecule has 1 aliphatic rings. The van der Waals surface area contributed by atoms with Crippen molar-refractivity contribution in [2.24, 2.45) is 7.05 Å². The van der Waals surface area contributed by atoms with Gasteiger partial charge in [0, 0.05) is 88.2 Å². The first-order chi connectivity index (χ1) is 24.8. The number of rotatable bonds is 12. The van der Waals surface area contributed by atoms with Crippen molar-refractivity contribution in [2.75, 3.05) is 57.8 Å². The van der Waals surface area contributed by atoms with E-state index in [2.05, 4.69) is 36.3 Å². The number of piperazine rings is 1. The number of aryl methyl sites for hydroxylation is 1. The van der Waals surface area contributed by atoms with Crippen LogP contribution in [0.2, 0.25) is 0 Å². The molecule has 0 saturated carbocycles. The van der Waals surface area contributed by atoms with Gasteiger partial charge < -0.3 is 24.8 Å². The van der Waals surface area contributed by atoms with Crippen molar-refractivity contribution in [1.82, 2.24) is 24.7 Å². The first-order valence-electron chi connectivity index (χ1n) is 17.8. The first kappa shape index (κ1) is 38.1. The summed E-state index contributed by atoms with van der Waals surface area (Å²) in [6.07, 6.45) is 2.02. The number of carbonyl (C=O) groups is 3. The van der Waals surface area contributed by atoms with Crippen molar-refractivity contribution in [3.05, 3.63) is 117 Å². The highest BCUT2D eigenvalue weighted by Gasteiger charge is 2.22. The maximum atomic E-state index is 13.3. The highest BCUT2D eigenvalue weighted by Crippen LogP contribution is 2.28. The molecule has 0 spiro atoms. The lowest BCUT2D eigenvalue weighted by atomic mass is 9.86. The molecule has 2 heterocycles. The van der Waals surface area contributed by atoms with Crippen LogP contribution in [-0.2, 0) is 28.4 Å². The van der Waals surface area contributed by atoms with Crippen molar-refractivity contribution in [1.29, 1.82) is 0 Å². The van der Waals surface area contributed by atoms with E-state index in [9.17, 15) is 19.2 Å². The molecule has 5 rings (SSSR count). The van der Waals surface area contributed by atoms with E-state index in [-0.39, 0.29) is 28.7 Å². The minimum absolute atomic E-state index is 0.00367. The lowest BCUT2D eigenvalue weighted by Crippen LogP contribution is -2.49. The average molecular weight is 707 g/mol. The van der Waals surface area contributed by atoms with Gasteiger partial charge in [0.05, 0.1) is 18.9 Å². The number of aromatic nitrogens is 2. The van der Waals surface area contributed by atoms with Gasteiger partial charge in [-0.15, -0.1) is 0 Å². The predicted molar refractivity (Wildman–Crippen MR) is 204 cm³/mol. The van der Waals surface area contributed by atoms with E-state index >= 15 is 0 Å². The van der Waals surface area contributed by atoms with Crippen LogP contribution < -0.4 is 16.2 Å². The van der Waals surface area contributed by atoms with Gasteiger partial charge in [-0.25, -0.2) is 4.98 Å². The number of hydrogen-bond acceptors (Lipinski definition) is 7. The molecule has 52 heavy (non-hydrogen) atoms. The van der Waals surface area contributed by atoms with Crippen LogP contribution in [-0.4, -0.2) is 89.6 Å². The lowest BCUT2D eigenvalue weighted by Gasteiger charge is -2.34. The van der Waals surface area contributed by atoms with E-state index < -0.39 is 0 Å². The Labute approximate surface area is 306 Å². The standard InChI is InChI=1S/C41H50N6O5/c1-28-34(8-7-9-35(28)44-38(49)31-14-16-33(17-15-31)41(3,4)5)37-27-45(6)40(51)36(43-37)26-30-10-12-32(13-11-30)39(50)47-21-19-46(20-22-47)23-25-52-24-18-42-29(2)48/h7-17,27H,18-26H2,1-6H3,(H,42,48)(H,44,49). The zero-order valence-electron chi connectivity index (χ0n) is 31.1. The molecule has 0 unspecified atom stereocenters. The summed E-state index contributed by atoms with van der Waals surface area (Å²) < 4.78 is 7.13. The molecule has 4 aromatic rings. The van der Waals surface area contributed by atoms with Gasteiger partial charge in [0.25, 0.3) is 17.4 Å². The summed E-state index contributed by atoms with van der Waals surface area (Å²) in [5, 5.41) is 5.76. The van der Waals surface area contributed by atoms with Crippen molar-refractivity contribution >= 4 is 23.4 Å². The molecule has 11 nitrogen and oxygen atoms in total. The topological polar surface area (TPSA) is 126 Å². The number of amides is 3. The number of benzene rings is 3. The molecule has 2 N–H and O–H groups in total. The SMILES string of the molecule is CC(=O)NCCOCCN1CCN(C(=O)c2ccc(Cc3nc(-c4cccc(NC(=O)c5ccc(C(C)(C)C)cc5)c4C)cn(C)c3=O)cc2)CC1. The second-order valence-electron chi connectivity index (χ2n) is 14.4. The van der Waals surface area contributed by atoms with E-state index in [1.807, 2.05) is 78.6 Å². The van der Waals surface area contributed by atoms with Crippen molar-refractivity contribution in [3.8, 4) is 11.3 Å². The first-order valence-corrected chi connectivity index (χ1v) is 17.8. The highest BCUT2D eigenvalue weighted by molar-refractivity contribution is 6.05. The summed E-state index contributed by atoms with van der Waals surface area (Å²) in [5.41, 5.74) is 6.36. The predicted octanol–water partition coefficient (Wildman–Crippen LogP) is 4.81. The molecular weight excluding hydrogens is 656 g/mol. The molecule has 1 aliphatic heterocycles. The van der Waals surface area contributed by atoms with Crippen molar-refractivity contribution in [3.63, 3.8) is 0 Å². The van der Waals surface area contributed by atoms with Gasteiger partial charge in [0.2, 0.25) is 5.91 Å². The van der Waals surface area contributed by atoms with Crippen LogP contribution in [0, 0.1) is 6.92 Å². The quantitative estimate of drug-likeness (QED) is 0.203. The molecule has 1 saturated heterocycles. The van der Waals surface area contributed by atoms with Gasteiger partial charge in [-0.05, 0) is 59.4 Å². The Morgan fingerprint density at radius 1 is 0.885 bits per heavy atom. The Kier molecular flexibility index (Phi) is 12.4. The molecule has 0 aliphatic carbocycles. The second-order valence-corrected chi connectivity index (χ2v) is 14.4. The van der Waals surface area contributed by atoms with E-state index in [4.69, 9.17) is 9.72 Å². The van der Waals surface area contributed by atoms with Gasteiger partial charge >= 0.3 is 0 Å². The van der Waals surface area contributed by atoms with Crippen molar-refractivity contribution < 1.29 is 19.1 Å². The zero-order chi connectivity index (χ0) is 37.4. The highest BCUT2D eigenvalue weighted by atomic mass is 16.5. The molecule has 1 fully saturated rings. The third-order valence-electron chi connectivity index (χ3n) is 9.41. The maximum Gasteiger partial charge on any atom is 0.272 e. The zero-order valence-corrected chi connectivity index (χ0v) is 31.1. The number of hydrogen-bond donors (Lipinski definition) is 2. The minimum atomic E-state index is -0.197. The molecule has 0 atom stereocenters. The molecule has 1 aromatic heterocycles. The second kappa shape index (κ2) is 16.9. The number of nitrogens with one attached hydrogen (secondary N) is 2. The van der Waals surface area contributed by atoms with Crippen LogP contribution >= 0.6 is 0 Å². The minimum Gasteiger partial charge on any atom is -0.378 e. The van der Waals surface area contributed by atoms with E-state index in [1.54, 1.807) is 13.2 Å². The van der Waals surface area contributed by atoms with Gasteiger partial charge in [0.1, 0.15) is 5.69 Å². The van der Waals surface area contributed by atoms with Crippen LogP contribution in [0.15, 0.2) is 77.7 Å². The Balaban J connectivity index is 1.20. The molecular formula is C41H50N6O5.